The number of hydrazine groups is 1. The third-order valence-electron chi connectivity index (χ3n) is 2.78. The maximum absolute atomic E-state index is 12.0. The van der Waals surface area contributed by atoms with E-state index < -0.39 is 16.7 Å². The predicted octanol–water partition coefficient (Wildman–Crippen LogP) is 2.98. The Hall–Kier alpha value is -2.64. The van der Waals surface area contributed by atoms with Crippen molar-refractivity contribution in [3.8, 4) is 0 Å². The molecule has 0 saturated carbocycles. The molecular weight excluding hydrogens is 345 g/mol. The molecule has 7 nitrogen and oxygen atoms in total. The normalized spacial score (nSPS) is 10.0. The number of nitro groups is 1. The molecular formula is C14H9Cl2N3O4. The fourth-order valence-corrected chi connectivity index (χ4v) is 2.06. The van der Waals surface area contributed by atoms with Gasteiger partial charge >= 0.3 is 0 Å². The molecule has 0 radical (unpaired) electrons. The number of nitrogens with zero attached hydrogens (tertiary/aromatic N) is 1. The van der Waals surface area contributed by atoms with E-state index in [9.17, 15) is 19.7 Å². The lowest BCUT2D eigenvalue weighted by Crippen LogP contribution is -2.41. The van der Waals surface area contributed by atoms with Crippen LogP contribution in [0.25, 0.3) is 0 Å². The van der Waals surface area contributed by atoms with Crippen molar-refractivity contribution in [2.24, 2.45) is 0 Å². The van der Waals surface area contributed by atoms with Crippen LogP contribution in [0.5, 0.6) is 0 Å². The largest absolute Gasteiger partial charge is 0.271 e. The van der Waals surface area contributed by atoms with Crippen LogP contribution in [0.3, 0.4) is 0 Å². The molecule has 0 heterocycles. The summed E-state index contributed by atoms with van der Waals surface area (Å²) in [7, 11) is 0. The minimum absolute atomic E-state index is 0.0247. The van der Waals surface area contributed by atoms with Gasteiger partial charge in [0.2, 0.25) is 0 Å². The lowest BCUT2D eigenvalue weighted by atomic mass is 10.2. The molecule has 9 heteroatoms. The van der Waals surface area contributed by atoms with E-state index in [0.717, 1.165) is 6.07 Å². The zero-order valence-corrected chi connectivity index (χ0v) is 12.9. The van der Waals surface area contributed by atoms with Gasteiger partial charge in [-0.25, -0.2) is 0 Å². The predicted molar refractivity (Wildman–Crippen MR) is 84.5 cm³/mol. The zero-order valence-electron chi connectivity index (χ0n) is 11.4. The highest BCUT2D eigenvalue weighted by molar-refractivity contribution is 6.35. The average Bonchev–Trinajstić information content (AvgIpc) is 2.54. The second kappa shape index (κ2) is 7.08. The number of rotatable bonds is 3. The third kappa shape index (κ3) is 4.18. The van der Waals surface area contributed by atoms with E-state index in [-0.39, 0.29) is 21.8 Å². The van der Waals surface area contributed by atoms with Crippen molar-refractivity contribution in [1.29, 1.82) is 0 Å². The maximum Gasteiger partial charge on any atom is 0.271 e. The first-order chi connectivity index (χ1) is 10.9. The van der Waals surface area contributed by atoms with Crippen molar-refractivity contribution >= 4 is 40.7 Å². The Morgan fingerprint density at radius 2 is 1.70 bits per heavy atom. The van der Waals surface area contributed by atoms with Gasteiger partial charge in [0.15, 0.2) is 0 Å². The van der Waals surface area contributed by atoms with Gasteiger partial charge in [-0.1, -0.05) is 29.3 Å². The zero-order chi connectivity index (χ0) is 17.0. The van der Waals surface area contributed by atoms with E-state index in [1.165, 1.54) is 36.4 Å². The van der Waals surface area contributed by atoms with Crippen LogP contribution in [-0.2, 0) is 0 Å². The number of hydrogen-bond acceptors (Lipinski definition) is 4. The minimum atomic E-state index is -0.708. The third-order valence-corrected chi connectivity index (χ3v) is 3.35. The van der Waals surface area contributed by atoms with Gasteiger partial charge in [0.05, 0.1) is 15.5 Å². The molecule has 2 rings (SSSR count). The summed E-state index contributed by atoms with van der Waals surface area (Å²) in [5, 5.41) is 11.1. The molecule has 2 amide bonds. The van der Waals surface area contributed by atoms with Crippen LogP contribution >= 0.6 is 23.2 Å². The van der Waals surface area contributed by atoms with E-state index in [2.05, 4.69) is 10.9 Å². The van der Waals surface area contributed by atoms with Gasteiger partial charge in [-0.05, 0) is 24.3 Å². The molecule has 0 atom stereocenters. The fourth-order valence-electron chi connectivity index (χ4n) is 1.69. The molecule has 0 aliphatic heterocycles. The molecule has 0 aromatic heterocycles. The Bertz CT molecular complexity index is 795. The van der Waals surface area contributed by atoms with Crippen LogP contribution in [0.1, 0.15) is 20.7 Å². The summed E-state index contributed by atoms with van der Waals surface area (Å²) in [5.41, 5.74) is 4.18. The van der Waals surface area contributed by atoms with E-state index >= 15 is 0 Å². The first-order valence-electron chi connectivity index (χ1n) is 6.18. The van der Waals surface area contributed by atoms with Crippen molar-refractivity contribution in [3.05, 3.63) is 73.8 Å². The van der Waals surface area contributed by atoms with E-state index in [0.29, 0.717) is 5.02 Å². The Labute approximate surface area is 140 Å². The highest BCUT2D eigenvalue weighted by Gasteiger charge is 2.14. The lowest BCUT2D eigenvalue weighted by molar-refractivity contribution is -0.384. The number of carbonyl (C=O) groups excluding carboxylic acids is 2. The van der Waals surface area contributed by atoms with Crippen molar-refractivity contribution in [1.82, 2.24) is 10.9 Å². The SMILES string of the molecule is O=C(NNC(=O)c1cc(Cl)ccc1Cl)c1cccc([N+](=O)[O-])c1. The van der Waals surface area contributed by atoms with Crippen LogP contribution in [0.4, 0.5) is 5.69 Å². The molecule has 0 saturated heterocycles. The number of non-ortho nitro benzene ring substituents is 1. The van der Waals surface area contributed by atoms with E-state index in [4.69, 9.17) is 23.2 Å². The first kappa shape index (κ1) is 16.7. The quantitative estimate of drug-likeness (QED) is 0.654. The summed E-state index contributed by atoms with van der Waals surface area (Å²) in [6.45, 7) is 0. The molecule has 0 spiro atoms. The number of amides is 2. The van der Waals surface area contributed by atoms with Crippen molar-refractivity contribution < 1.29 is 14.5 Å². The lowest BCUT2D eigenvalue weighted by Gasteiger charge is -2.08. The highest BCUT2D eigenvalue weighted by atomic mass is 35.5. The maximum atomic E-state index is 12.0. The standard InChI is InChI=1S/C14H9Cl2N3O4/c15-9-4-5-12(16)11(7-9)14(21)18-17-13(20)8-2-1-3-10(6-8)19(22)23/h1-7H,(H,17,20)(H,18,21). The van der Waals surface area contributed by atoms with Crippen LogP contribution in [0.15, 0.2) is 42.5 Å². The smallest absolute Gasteiger partial charge is 0.267 e. The van der Waals surface area contributed by atoms with Gasteiger partial charge in [0.1, 0.15) is 0 Å². The van der Waals surface area contributed by atoms with Gasteiger partial charge in [-0.3, -0.25) is 30.6 Å². The monoisotopic (exact) mass is 353 g/mol. The number of halogens is 2. The van der Waals surface area contributed by atoms with Crippen LogP contribution < -0.4 is 10.9 Å². The summed E-state index contributed by atoms with van der Waals surface area (Å²) >= 11 is 11.6. The Morgan fingerprint density at radius 3 is 2.39 bits per heavy atom. The summed E-state index contributed by atoms with van der Waals surface area (Å²) in [6, 6.07) is 9.39. The Kier molecular flexibility index (Phi) is 5.15. The molecule has 23 heavy (non-hydrogen) atoms. The van der Waals surface area contributed by atoms with Gasteiger partial charge in [-0.2, -0.15) is 0 Å². The van der Waals surface area contributed by atoms with Crippen LogP contribution in [-0.4, -0.2) is 16.7 Å². The molecule has 0 aliphatic rings. The number of carbonyl (C=O) groups is 2. The first-order valence-corrected chi connectivity index (χ1v) is 6.94. The molecule has 118 valence electrons. The average molecular weight is 354 g/mol. The van der Waals surface area contributed by atoms with E-state index in [1.54, 1.807) is 0 Å². The van der Waals surface area contributed by atoms with Crippen LogP contribution in [0, 0.1) is 10.1 Å². The highest BCUT2D eigenvalue weighted by Crippen LogP contribution is 2.20. The number of nitro benzene ring substituents is 1. The molecule has 0 fully saturated rings. The molecule has 0 aliphatic carbocycles. The molecule has 0 unspecified atom stereocenters. The van der Waals surface area contributed by atoms with Gasteiger partial charge in [-0.15, -0.1) is 0 Å². The Morgan fingerprint density at radius 1 is 1.00 bits per heavy atom. The van der Waals surface area contributed by atoms with Gasteiger partial charge in [0, 0.05) is 22.7 Å². The topological polar surface area (TPSA) is 101 Å². The molecule has 2 aromatic carbocycles. The summed E-state index contributed by atoms with van der Waals surface area (Å²) < 4.78 is 0. The summed E-state index contributed by atoms with van der Waals surface area (Å²) in [4.78, 5) is 33.9. The second-order valence-electron chi connectivity index (χ2n) is 4.34. The second-order valence-corrected chi connectivity index (χ2v) is 5.18. The molecule has 2 aromatic rings. The Balaban J connectivity index is 2.07. The number of nitrogens with one attached hydrogen (secondary N) is 2. The summed E-state index contributed by atoms with van der Waals surface area (Å²) in [6.07, 6.45) is 0. The van der Waals surface area contributed by atoms with Crippen molar-refractivity contribution in [2.45, 2.75) is 0 Å². The van der Waals surface area contributed by atoms with E-state index in [1.807, 2.05) is 0 Å². The summed E-state index contributed by atoms with van der Waals surface area (Å²) in [5.74, 6) is -1.38. The fraction of sp³-hybridized carbons (Fsp3) is 0. The van der Waals surface area contributed by atoms with Crippen molar-refractivity contribution in [2.75, 3.05) is 0 Å². The van der Waals surface area contributed by atoms with Crippen LogP contribution in [0.2, 0.25) is 10.0 Å². The number of benzene rings is 2. The molecule has 2 N–H and O–H groups in total. The van der Waals surface area contributed by atoms with Crippen molar-refractivity contribution in [3.63, 3.8) is 0 Å². The molecule has 0 bridgehead atoms. The number of hydrogen-bond donors (Lipinski definition) is 2. The van der Waals surface area contributed by atoms with Gasteiger partial charge < -0.3 is 0 Å². The minimum Gasteiger partial charge on any atom is -0.267 e. The van der Waals surface area contributed by atoms with Gasteiger partial charge in [0.25, 0.3) is 17.5 Å².